The lowest BCUT2D eigenvalue weighted by Gasteiger charge is -2.17. The molecule has 1 unspecified atom stereocenters. The van der Waals surface area contributed by atoms with E-state index in [1.165, 1.54) is 14.2 Å². The lowest BCUT2D eigenvalue weighted by atomic mass is 10.1. The molecule has 8 heteroatoms. The Balaban J connectivity index is 2.02. The van der Waals surface area contributed by atoms with Gasteiger partial charge in [-0.3, -0.25) is 20.4 Å². The molecule has 2 aromatic carbocycles. The van der Waals surface area contributed by atoms with Gasteiger partial charge in [-0.1, -0.05) is 12.1 Å². The third-order valence-corrected chi connectivity index (χ3v) is 5.14. The lowest BCUT2D eigenvalue weighted by molar-refractivity contribution is -0.128. The summed E-state index contributed by atoms with van der Waals surface area (Å²) in [4.78, 5) is 24.7. The number of hydrogen-bond donors (Lipinski definition) is 2. The van der Waals surface area contributed by atoms with Gasteiger partial charge in [0.1, 0.15) is 5.75 Å². The van der Waals surface area contributed by atoms with Crippen molar-refractivity contribution in [2.24, 2.45) is 0 Å². The first-order chi connectivity index (χ1) is 13.3. The SMILES string of the molecule is COc1cc(I)c(C(=O)NNC(=O)C(C)Oc2cccc(C)c2C)cc1OC. The van der Waals surface area contributed by atoms with E-state index < -0.39 is 17.9 Å². The Morgan fingerprint density at radius 3 is 2.29 bits per heavy atom. The molecule has 0 radical (unpaired) electrons. The molecule has 2 amide bonds. The molecule has 0 bridgehead atoms. The largest absolute Gasteiger partial charge is 0.493 e. The summed E-state index contributed by atoms with van der Waals surface area (Å²) in [5.41, 5.74) is 7.17. The summed E-state index contributed by atoms with van der Waals surface area (Å²) in [5.74, 6) is 0.625. The van der Waals surface area contributed by atoms with Gasteiger partial charge in [0.25, 0.3) is 11.8 Å². The van der Waals surface area contributed by atoms with Gasteiger partial charge in [0.15, 0.2) is 17.6 Å². The smallest absolute Gasteiger partial charge is 0.279 e. The van der Waals surface area contributed by atoms with Crippen molar-refractivity contribution in [2.45, 2.75) is 26.9 Å². The predicted octanol–water partition coefficient (Wildman–Crippen LogP) is 3.15. The number of methoxy groups -OCH3 is 2. The van der Waals surface area contributed by atoms with Crippen LogP contribution in [0.5, 0.6) is 17.2 Å². The van der Waals surface area contributed by atoms with Crippen LogP contribution in [0.25, 0.3) is 0 Å². The van der Waals surface area contributed by atoms with Crippen LogP contribution in [-0.2, 0) is 4.79 Å². The summed E-state index contributed by atoms with van der Waals surface area (Å²) in [5, 5.41) is 0. The maximum Gasteiger partial charge on any atom is 0.279 e. The van der Waals surface area contributed by atoms with E-state index in [1.807, 2.05) is 48.6 Å². The number of rotatable bonds is 6. The van der Waals surface area contributed by atoms with Gasteiger partial charge in [-0.05, 0) is 72.7 Å². The molecule has 0 aliphatic carbocycles. The summed E-state index contributed by atoms with van der Waals surface area (Å²) in [6, 6.07) is 8.87. The molecule has 0 saturated heterocycles. The van der Waals surface area contributed by atoms with Gasteiger partial charge >= 0.3 is 0 Å². The van der Waals surface area contributed by atoms with Crippen LogP contribution >= 0.6 is 22.6 Å². The number of halogens is 1. The molecule has 7 nitrogen and oxygen atoms in total. The molecule has 0 aliphatic heterocycles. The van der Waals surface area contributed by atoms with Crippen LogP contribution in [0.4, 0.5) is 0 Å². The fourth-order valence-corrected chi connectivity index (χ4v) is 3.09. The second kappa shape index (κ2) is 9.63. The first-order valence-electron chi connectivity index (χ1n) is 8.53. The molecule has 0 aliphatic rings. The van der Waals surface area contributed by atoms with E-state index in [9.17, 15) is 9.59 Å². The van der Waals surface area contributed by atoms with Gasteiger partial charge in [-0.25, -0.2) is 0 Å². The first-order valence-corrected chi connectivity index (χ1v) is 9.61. The Bertz CT molecular complexity index is 885. The van der Waals surface area contributed by atoms with Gasteiger partial charge in [-0.2, -0.15) is 0 Å². The van der Waals surface area contributed by atoms with Crippen molar-refractivity contribution in [3.8, 4) is 17.2 Å². The zero-order chi connectivity index (χ0) is 20.8. The van der Waals surface area contributed by atoms with Crippen molar-refractivity contribution in [1.29, 1.82) is 0 Å². The maximum absolute atomic E-state index is 12.4. The molecule has 0 spiro atoms. The van der Waals surface area contributed by atoms with Crippen LogP contribution < -0.4 is 25.1 Å². The van der Waals surface area contributed by atoms with Crippen LogP contribution in [-0.4, -0.2) is 32.1 Å². The molecule has 2 N–H and O–H groups in total. The Morgan fingerprint density at radius 2 is 1.64 bits per heavy atom. The Hall–Kier alpha value is -2.49. The Kier molecular flexibility index (Phi) is 7.50. The lowest BCUT2D eigenvalue weighted by Crippen LogP contribution is -2.47. The van der Waals surface area contributed by atoms with Gasteiger partial charge in [0.2, 0.25) is 0 Å². The zero-order valence-corrected chi connectivity index (χ0v) is 18.5. The molecule has 1 atom stereocenters. The van der Waals surface area contributed by atoms with Crippen LogP contribution in [0.2, 0.25) is 0 Å². The first kappa shape index (κ1) is 21.8. The molecular formula is C20H23IN2O5. The standard InChI is InChI=1S/C20H23IN2O5/c1-11-7-6-8-16(12(11)2)28-13(3)19(24)22-23-20(25)14-9-17(26-4)18(27-5)10-15(14)21/h6-10,13H,1-5H3,(H,22,24)(H,23,25). The number of carbonyl (C=O) groups excluding carboxylic acids is 2. The van der Waals surface area contributed by atoms with Crippen molar-refractivity contribution in [1.82, 2.24) is 10.9 Å². The van der Waals surface area contributed by atoms with Gasteiger partial charge in [0.05, 0.1) is 19.8 Å². The number of hydrazine groups is 1. The van der Waals surface area contributed by atoms with Crippen molar-refractivity contribution in [3.05, 3.63) is 50.6 Å². The zero-order valence-electron chi connectivity index (χ0n) is 16.4. The predicted molar refractivity (Wildman–Crippen MR) is 114 cm³/mol. The van der Waals surface area contributed by atoms with E-state index >= 15 is 0 Å². The molecule has 0 heterocycles. The summed E-state index contributed by atoms with van der Waals surface area (Å²) in [6.45, 7) is 5.51. The van der Waals surface area contributed by atoms with Crippen LogP contribution in [0.3, 0.4) is 0 Å². The van der Waals surface area contributed by atoms with E-state index in [0.717, 1.165) is 11.1 Å². The number of hydrogen-bond acceptors (Lipinski definition) is 5. The van der Waals surface area contributed by atoms with Crippen LogP contribution in [0.1, 0.15) is 28.4 Å². The van der Waals surface area contributed by atoms with Gasteiger partial charge in [0, 0.05) is 3.57 Å². The van der Waals surface area contributed by atoms with Crippen molar-refractivity contribution >= 4 is 34.4 Å². The summed E-state index contributed by atoms with van der Waals surface area (Å²) in [6.07, 6.45) is -0.787. The maximum atomic E-state index is 12.4. The van der Waals surface area contributed by atoms with Crippen molar-refractivity contribution in [3.63, 3.8) is 0 Å². The summed E-state index contributed by atoms with van der Waals surface area (Å²) in [7, 11) is 3.01. The van der Waals surface area contributed by atoms with Crippen molar-refractivity contribution < 1.29 is 23.8 Å². The van der Waals surface area contributed by atoms with E-state index in [-0.39, 0.29) is 0 Å². The average molecular weight is 498 g/mol. The highest BCUT2D eigenvalue weighted by Crippen LogP contribution is 2.31. The Labute approximate surface area is 177 Å². The molecule has 150 valence electrons. The Morgan fingerprint density at radius 1 is 1.00 bits per heavy atom. The fourth-order valence-electron chi connectivity index (χ4n) is 2.41. The third kappa shape index (κ3) is 5.06. The van der Waals surface area contributed by atoms with E-state index in [2.05, 4.69) is 10.9 Å². The van der Waals surface area contributed by atoms with E-state index in [0.29, 0.717) is 26.4 Å². The second-order valence-corrected chi connectivity index (χ2v) is 7.25. The van der Waals surface area contributed by atoms with Crippen LogP contribution in [0.15, 0.2) is 30.3 Å². The fraction of sp³-hybridized carbons (Fsp3) is 0.300. The minimum atomic E-state index is -0.787. The monoisotopic (exact) mass is 498 g/mol. The average Bonchev–Trinajstić information content (AvgIpc) is 2.68. The minimum absolute atomic E-state index is 0.349. The number of amides is 2. The summed E-state index contributed by atoms with van der Waals surface area (Å²) < 4.78 is 16.8. The third-order valence-electron chi connectivity index (χ3n) is 4.24. The quantitative estimate of drug-likeness (QED) is 0.472. The topological polar surface area (TPSA) is 85.9 Å². The second-order valence-electron chi connectivity index (χ2n) is 6.09. The molecular weight excluding hydrogens is 475 g/mol. The molecule has 2 aromatic rings. The molecule has 2 rings (SSSR count). The highest BCUT2D eigenvalue weighted by molar-refractivity contribution is 14.1. The summed E-state index contributed by atoms with van der Waals surface area (Å²) >= 11 is 2.02. The van der Waals surface area contributed by atoms with Gasteiger partial charge in [-0.15, -0.1) is 0 Å². The highest BCUT2D eigenvalue weighted by atomic mass is 127. The number of benzene rings is 2. The normalized spacial score (nSPS) is 11.4. The molecule has 0 saturated carbocycles. The highest BCUT2D eigenvalue weighted by Gasteiger charge is 2.19. The molecule has 28 heavy (non-hydrogen) atoms. The number of ether oxygens (including phenoxy) is 3. The van der Waals surface area contributed by atoms with Crippen molar-refractivity contribution in [2.75, 3.05) is 14.2 Å². The van der Waals surface area contributed by atoms with Gasteiger partial charge < -0.3 is 14.2 Å². The minimum Gasteiger partial charge on any atom is -0.493 e. The van der Waals surface area contributed by atoms with E-state index in [4.69, 9.17) is 14.2 Å². The number of nitrogens with one attached hydrogen (secondary N) is 2. The van der Waals surface area contributed by atoms with Crippen LogP contribution in [0, 0.1) is 17.4 Å². The molecule has 0 fully saturated rings. The molecule has 0 aromatic heterocycles. The number of aryl methyl sites for hydroxylation is 1. The van der Waals surface area contributed by atoms with E-state index in [1.54, 1.807) is 25.1 Å². The number of carbonyl (C=O) groups is 2.